The Morgan fingerprint density at radius 1 is 1.47 bits per heavy atom. The van der Waals surface area contributed by atoms with Gasteiger partial charge in [0.1, 0.15) is 5.78 Å². The van der Waals surface area contributed by atoms with Crippen LogP contribution in [0.4, 0.5) is 0 Å². The Bertz CT molecular complexity index is 250. The van der Waals surface area contributed by atoms with Crippen LogP contribution in [0.15, 0.2) is 12.7 Å². The summed E-state index contributed by atoms with van der Waals surface area (Å²) in [5, 5.41) is 0. The number of carbonyl (C=O) groups is 1. The van der Waals surface area contributed by atoms with Gasteiger partial charge in [-0.1, -0.05) is 33.8 Å². The van der Waals surface area contributed by atoms with Crippen molar-refractivity contribution in [1.29, 1.82) is 0 Å². The van der Waals surface area contributed by atoms with E-state index in [4.69, 9.17) is 0 Å². The van der Waals surface area contributed by atoms with Gasteiger partial charge < -0.3 is 0 Å². The molecule has 2 atom stereocenters. The molecule has 1 aliphatic carbocycles. The van der Waals surface area contributed by atoms with E-state index in [1.54, 1.807) is 0 Å². The minimum atomic E-state index is 0.0883. The summed E-state index contributed by atoms with van der Waals surface area (Å²) in [6, 6.07) is 0. The molecule has 0 heterocycles. The Morgan fingerprint density at radius 2 is 2.07 bits per heavy atom. The van der Waals surface area contributed by atoms with Gasteiger partial charge in [-0.15, -0.1) is 6.58 Å². The maximum absolute atomic E-state index is 11.6. The summed E-state index contributed by atoms with van der Waals surface area (Å²) in [4.78, 5) is 11.6. The SMILES string of the molecule is C=CC(C)(C)[C@H]1CC(=O)CC[C@@H]1C(C)C. The molecule has 0 aromatic heterocycles. The molecular weight excluding hydrogens is 184 g/mol. The molecule has 1 fully saturated rings. The zero-order chi connectivity index (χ0) is 11.6. The molecule has 0 bridgehead atoms. The number of allylic oxidation sites excluding steroid dienone is 1. The highest BCUT2D eigenvalue weighted by molar-refractivity contribution is 5.79. The smallest absolute Gasteiger partial charge is 0.133 e. The van der Waals surface area contributed by atoms with Crippen molar-refractivity contribution in [2.24, 2.45) is 23.2 Å². The van der Waals surface area contributed by atoms with Crippen LogP contribution in [0.25, 0.3) is 0 Å². The van der Waals surface area contributed by atoms with Gasteiger partial charge in [0.25, 0.3) is 0 Å². The molecule has 0 N–H and O–H groups in total. The second-order valence-corrected chi connectivity index (χ2v) is 5.82. The minimum Gasteiger partial charge on any atom is -0.300 e. The van der Waals surface area contributed by atoms with E-state index in [-0.39, 0.29) is 5.41 Å². The van der Waals surface area contributed by atoms with Crippen LogP contribution in [0.5, 0.6) is 0 Å². The van der Waals surface area contributed by atoms with Crippen LogP contribution in [0.2, 0.25) is 0 Å². The molecule has 1 rings (SSSR count). The van der Waals surface area contributed by atoms with Gasteiger partial charge in [0.05, 0.1) is 0 Å². The van der Waals surface area contributed by atoms with E-state index in [9.17, 15) is 4.79 Å². The summed E-state index contributed by atoms with van der Waals surface area (Å²) in [6.45, 7) is 12.9. The fraction of sp³-hybridized carbons (Fsp3) is 0.786. The van der Waals surface area contributed by atoms with Crippen molar-refractivity contribution in [3.8, 4) is 0 Å². The predicted octanol–water partition coefficient (Wildman–Crippen LogP) is 3.84. The topological polar surface area (TPSA) is 17.1 Å². The number of rotatable bonds is 3. The molecule has 0 saturated heterocycles. The van der Waals surface area contributed by atoms with E-state index >= 15 is 0 Å². The number of carbonyl (C=O) groups excluding carboxylic acids is 1. The van der Waals surface area contributed by atoms with Crippen molar-refractivity contribution < 1.29 is 4.79 Å². The monoisotopic (exact) mass is 208 g/mol. The Balaban J connectivity index is 2.88. The van der Waals surface area contributed by atoms with Crippen LogP contribution in [0.1, 0.15) is 47.0 Å². The average Bonchev–Trinajstić information content (AvgIpc) is 2.17. The van der Waals surface area contributed by atoms with Crippen LogP contribution in [0, 0.1) is 23.2 Å². The van der Waals surface area contributed by atoms with Gasteiger partial charge in [0.15, 0.2) is 0 Å². The number of hydrogen-bond donors (Lipinski definition) is 0. The summed E-state index contributed by atoms with van der Waals surface area (Å²) >= 11 is 0. The molecule has 0 amide bonds. The van der Waals surface area contributed by atoms with E-state index in [2.05, 4.69) is 34.3 Å². The standard InChI is InChI=1S/C14H24O/c1-6-14(4,5)13-9-11(15)7-8-12(13)10(2)3/h6,10,12-13H,1,7-9H2,2-5H3/t12-,13+/m1/s1. The second kappa shape index (κ2) is 4.51. The summed E-state index contributed by atoms with van der Waals surface area (Å²) in [6.07, 6.45) is 4.62. The summed E-state index contributed by atoms with van der Waals surface area (Å²) < 4.78 is 0. The molecule has 0 spiro atoms. The highest BCUT2D eigenvalue weighted by atomic mass is 16.1. The minimum absolute atomic E-state index is 0.0883. The maximum Gasteiger partial charge on any atom is 0.133 e. The van der Waals surface area contributed by atoms with E-state index in [1.807, 2.05) is 6.08 Å². The third kappa shape index (κ3) is 2.70. The first-order chi connectivity index (χ1) is 6.88. The Labute approximate surface area is 93.9 Å². The lowest BCUT2D eigenvalue weighted by molar-refractivity contribution is -0.124. The molecule has 1 saturated carbocycles. The molecule has 15 heavy (non-hydrogen) atoms. The highest BCUT2D eigenvalue weighted by Gasteiger charge is 2.39. The van der Waals surface area contributed by atoms with E-state index in [0.717, 1.165) is 19.3 Å². The summed E-state index contributed by atoms with van der Waals surface area (Å²) in [5.41, 5.74) is 0.0883. The summed E-state index contributed by atoms with van der Waals surface area (Å²) in [5.74, 6) is 2.26. The first kappa shape index (κ1) is 12.5. The highest BCUT2D eigenvalue weighted by Crippen LogP contribution is 2.44. The zero-order valence-electron chi connectivity index (χ0n) is 10.5. The molecule has 1 heteroatoms. The van der Waals surface area contributed by atoms with Crippen LogP contribution in [-0.4, -0.2) is 5.78 Å². The van der Waals surface area contributed by atoms with Gasteiger partial charge in [-0.3, -0.25) is 4.79 Å². The van der Waals surface area contributed by atoms with Crippen LogP contribution in [-0.2, 0) is 4.79 Å². The van der Waals surface area contributed by atoms with Crippen molar-refractivity contribution in [2.45, 2.75) is 47.0 Å². The van der Waals surface area contributed by atoms with Gasteiger partial charge >= 0.3 is 0 Å². The van der Waals surface area contributed by atoms with E-state index in [1.165, 1.54) is 0 Å². The Kier molecular flexibility index (Phi) is 3.75. The molecule has 0 radical (unpaired) electrons. The van der Waals surface area contributed by atoms with Crippen molar-refractivity contribution in [2.75, 3.05) is 0 Å². The van der Waals surface area contributed by atoms with Gasteiger partial charge in [-0.25, -0.2) is 0 Å². The second-order valence-electron chi connectivity index (χ2n) is 5.82. The third-order valence-corrected chi connectivity index (χ3v) is 4.06. The number of ketones is 1. The molecule has 0 aromatic carbocycles. The quantitative estimate of drug-likeness (QED) is 0.644. The van der Waals surface area contributed by atoms with Crippen molar-refractivity contribution in [1.82, 2.24) is 0 Å². The van der Waals surface area contributed by atoms with Gasteiger partial charge in [-0.2, -0.15) is 0 Å². The number of Topliss-reactive ketones (excluding diaryl/α,β-unsaturated/α-hetero) is 1. The van der Waals surface area contributed by atoms with Crippen LogP contribution in [0.3, 0.4) is 0 Å². The molecule has 0 aromatic rings. The average molecular weight is 208 g/mol. The lowest BCUT2D eigenvalue weighted by atomic mass is 9.62. The Morgan fingerprint density at radius 3 is 2.53 bits per heavy atom. The van der Waals surface area contributed by atoms with Gasteiger partial charge in [0.2, 0.25) is 0 Å². The lowest BCUT2D eigenvalue weighted by Gasteiger charge is -2.42. The molecule has 1 nitrogen and oxygen atoms in total. The fourth-order valence-electron chi connectivity index (χ4n) is 2.79. The van der Waals surface area contributed by atoms with Crippen molar-refractivity contribution >= 4 is 5.78 Å². The Hall–Kier alpha value is -0.590. The predicted molar refractivity (Wildman–Crippen MR) is 64.7 cm³/mol. The van der Waals surface area contributed by atoms with Crippen molar-refractivity contribution in [3.05, 3.63) is 12.7 Å². The summed E-state index contributed by atoms with van der Waals surface area (Å²) in [7, 11) is 0. The third-order valence-electron chi connectivity index (χ3n) is 4.06. The number of hydrogen-bond acceptors (Lipinski definition) is 1. The van der Waals surface area contributed by atoms with Gasteiger partial charge in [0, 0.05) is 12.8 Å². The van der Waals surface area contributed by atoms with E-state index in [0.29, 0.717) is 23.5 Å². The molecule has 1 aliphatic rings. The lowest BCUT2D eigenvalue weighted by Crippen LogP contribution is -2.37. The maximum atomic E-state index is 11.6. The zero-order valence-corrected chi connectivity index (χ0v) is 10.5. The largest absolute Gasteiger partial charge is 0.300 e. The molecule has 86 valence electrons. The van der Waals surface area contributed by atoms with Crippen LogP contribution >= 0.6 is 0 Å². The first-order valence-electron chi connectivity index (χ1n) is 6.03. The van der Waals surface area contributed by atoms with Crippen LogP contribution < -0.4 is 0 Å². The fourth-order valence-corrected chi connectivity index (χ4v) is 2.79. The van der Waals surface area contributed by atoms with E-state index < -0.39 is 0 Å². The first-order valence-corrected chi connectivity index (χ1v) is 6.03. The molecule has 0 aliphatic heterocycles. The van der Waals surface area contributed by atoms with Crippen molar-refractivity contribution in [3.63, 3.8) is 0 Å². The molecular formula is C14H24O. The normalized spacial score (nSPS) is 28.2. The van der Waals surface area contributed by atoms with Gasteiger partial charge in [-0.05, 0) is 29.6 Å². The molecule has 0 unspecified atom stereocenters.